The number of fused-ring (bicyclic) bond motifs is 3. The normalized spacial score (nSPS) is 14.8. The highest BCUT2D eigenvalue weighted by molar-refractivity contribution is 6.24. The maximum Gasteiger partial charge on any atom is 0.326 e. The molecule has 30 heavy (non-hydrogen) atoms. The lowest BCUT2D eigenvalue weighted by Crippen LogP contribution is -2.52. The SMILES string of the molecule is CCC(C)[C@H](NC(=O)[C@H](C)NC(=O)c1cccc2c1-c1ccccc1C2=O)C(=O)O. The first-order chi connectivity index (χ1) is 14.3. The fourth-order valence-electron chi connectivity index (χ4n) is 3.57. The van der Waals surface area contributed by atoms with Crippen LogP contribution in [0.3, 0.4) is 0 Å². The van der Waals surface area contributed by atoms with E-state index in [0.717, 1.165) is 0 Å². The number of hydrogen-bond acceptors (Lipinski definition) is 4. The summed E-state index contributed by atoms with van der Waals surface area (Å²) in [5.41, 5.74) is 2.51. The Morgan fingerprint density at radius 1 is 0.933 bits per heavy atom. The fourth-order valence-corrected chi connectivity index (χ4v) is 3.57. The molecule has 0 fully saturated rings. The Morgan fingerprint density at radius 3 is 2.20 bits per heavy atom. The molecular weight excluding hydrogens is 384 g/mol. The highest BCUT2D eigenvalue weighted by atomic mass is 16.4. The minimum Gasteiger partial charge on any atom is -0.480 e. The van der Waals surface area contributed by atoms with Crippen molar-refractivity contribution in [1.82, 2.24) is 10.6 Å². The van der Waals surface area contributed by atoms with E-state index in [1.54, 1.807) is 49.4 Å². The summed E-state index contributed by atoms with van der Waals surface area (Å²) in [6.45, 7) is 5.07. The van der Waals surface area contributed by atoms with Gasteiger partial charge in [0.2, 0.25) is 5.91 Å². The van der Waals surface area contributed by atoms with Gasteiger partial charge in [-0.1, -0.05) is 56.7 Å². The molecule has 0 spiro atoms. The van der Waals surface area contributed by atoms with Gasteiger partial charge in [0.05, 0.1) is 0 Å². The molecular formula is C23H24N2O5. The van der Waals surface area contributed by atoms with Crippen LogP contribution in [0.5, 0.6) is 0 Å². The molecule has 7 heteroatoms. The maximum absolute atomic E-state index is 12.9. The van der Waals surface area contributed by atoms with Crippen LogP contribution in [-0.2, 0) is 9.59 Å². The average Bonchev–Trinajstić information content (AvgIpc) is 3.03. The highest BCUT2D eigenvalue weighted by Gasteiger charge is 2.32. The van der Waals surface area contributed by atoms with Crippen molar-refractivity contribution in [3.63, 3.8) is 0 Å². The lowest BCUT2D eigenvalue weighted by molar-refractivity contribution is -0.143. The Balaban J connectivity index is 1.81. The van der Waals surface area contributed by atoms with Gasteiger partial charge in [0.25, 0.3) is 5.91 Å². The molecule has 1 aliphatic carbocycles. The Hall–Kier alpha value is -3.48. The smallest absolute Gasteiger partial charge is 0.326 e. The predicted molar refractivity (Wildman–Crippen MR) is 111 cm³/mol. The van der Waals surface area contributed by atoms with E-state index >= 15 is 0 Å². The van der Waals surface area contributed by atoms with E-state index < -0.39 is 29.9 Å². The fraction of sp³-hybridized carbons (Fsp3) is 0.304. The van der Waals surface area contributed by atoms with E-state index in [4.69, 9.17) is 0 Å². The van der Waals surface area contributed by atoms with Crippen molar-refractivity contribution in [3.05, 3.63) is 59.2 Å². The van der Waals surface area contributed by atoms with Gasteiger partial charge in [0.15, 0.2) is 5.78 Å². The number of carboxylic acid groups (broad SMARTS) is 1. The van der Waals surface area contributed by atoms with Crippen molar-refractivity contribution in [2.75, 3.05) is 0 Å². The predicted octanol–water partition coefficient (Wildman–Crippen LogP) is 2.63. The highest BCUT2D eigenvalue weighted by Crippen LogP contribution is 2.38. The first kappa shape index (κ1) is 21.2. The minimum absolute atomic E-state index is 0.140. The van der Waals surface area contributed by atoms with Gasteiger partial charge in [-0.25, -0.2) is 4.79 Å². The largest absolute Gasteiger partial charge is 0.480 e. The molecule has 1 aliphatic rings. The summed E-state index contributed by atoms with van der Waals surface area (Å²) in [6, 6.07) is 10.00. The number of aliphatic carboxylic acids is 1. The molecule has 0 heterocycles. The molecule has 0 radical (unpaired) electrons. The van der Waals surface area contributed by atoms with Crippen molar-refractivity contribution < 1.29 is 24.3 Å². The molecule has 0 bridgehead atoms. The lowest BCUT2D eigenvalue weighted by atomic mass is 9.98. The lowest BCUT2D eigenvalue weighted by Gasteiger charge is -2.23. The minimum atomic E-state index is -1.12. The molecule has 2 amide bonds. The van der Waals surface area contributed by atoms with Gasteiger partial charge < -0.3 is 15.7 Å². The standard InChI is InChI=1S/C23H24N2O5/c1-4-12(2)19(23(29)30)25-21(27)13(3)24-22(28)17-11-7-10-16-18(17)14-8-5-6-9-15(14)20(16)26/h5-13,19H,4H2,1-3H3,(H,24,28)(H,25,27)(H,29,30)/t12?,13-,19-/m0/s1. The number of rotatable bonds is 7. The molecule has 0 saturated heterocycles. The molecule has 0 saturated carbocycles. The number of carbonyl (C=O) groups is 4. The van der Waals surface area contributed by atoms with Crippen molar-refractivity contribution in [2.24, 2.45) is 5.92 Å². The van der Waals surface area contributed by atoms with E-state index in [0.29, 0.717) is 34.2 Å². The second-order valence-corrected chi connectivity index (χ2v) is 7.51. The van der Waals surface area contributed by atoms with Crippen LogP contribution < -0.4 is 10.6 Å². The van der Waals surface area contributed by atoms with Crippen LogP contribution in [0, 0.1) is 5.92 Å². The summed E-state index contributed by atoms with van der Waals surface area (Å²) in [6.07, 6.45) is 0.585. The molecule has 3 atom stereocenters. The van der Waals surface area contributed by atoms with E-state index in [9.17, 15) is 24.3 Å². The van der Waals surface area contributed by atoms with E-state index in [-0.39, 0.29) is 11.7 Å². The first-order valence-electron chi connectivity index (χ1n) is 9.87. The summed E-state index contributed by atoms with van der Waals surface area (Å²) in [5.74, 6) is -2.60. The zero-order valence-electron chi connectivity index (χ0n) is 17.1. The van der Waals surface area contributed by atoms with Gasteiger partial charge in [-0.05, 0) is 24.5 Å². The third-order valence-corrected chi connectivity index (χ3v) is 5.51. The molecule has 156 valence electrons. The second-order valence-electron chi connectivity index (χ2n) is 7.51. The summed E-state index contributed by atoms with van der Waals surface area (Å²) in [5, 5.41) is 14.5. The van der Waals surface area contributed by atoms with E-state index in [1.807, 2.05) is 6.92 Å². The molecule has 7 nitrogen and oxygen atoms in total. The molecule has 2 aromatic rings. The summed E-state index contributed by atoms with van der Waals surface area (Å²) in [7, 11) is 0. The van der Waals surface area contributed by atoms with Crippen LogP contribution in [0.2, 0.25) is 0 Å². The number of hydrogen-bond donors (Lipinski definition) is 3. The second kappa shape index (κ2) is 8.49. The van der Waals surface area contributed by atoms with Gasteiger partial charge >= 0.3 is 5.97 Å². The Bertz CT molecular complexity index is 1030. The van der Waals surface area contributed by atoms with E-state index in [2.05, 4.69) is 10.6 Å². The van der Waals surface area contributed by atoms with Crippen LogP contribution in [0.4, 0.5) is 0 Å². The number of ketones is 1. The number of carboxylic acids is 1. The molecule has 3 rings (SSSR count). The monoisotopic (exact) mass is 408 g/mol. The van der Waals surface area contributed by atoms with Crippen molar-refractivity contribution in [1.29, 1.82) is 0 Å². The van der Waals surface area contributed by atoms with Crippen LogP contribution in [0.1, 0.15) is 53.5 Å². The van der Waals surface area contributed by atoms with Crippen molar-refractivity contribution >= 4 is 23.6 Å². The molecule has 0 aromatic heterocycles. The van der Waals surface area contributed by atoms with Crippen LogP contribution in [-0.4, -0.2) is 40.8 Å². The van der Waals surface area contributed by atoms with E-state index in [1.165, 1.54) is 6.92 Å². The molecule has 1 unspecified atom stereocenters. The number of nitrogens with one attached hydrogen (secondary N) is 2. The quantitative estimate of drug-likeness (QED) is 0.556. The summed E-state index contributed by atoms with van der Waals surface area (Å²) in [4.78, 5) is 49.5. The van der Waals surface area contributed by atoms with Gasteiger partial charge in [-0.15, -0.1) is 0 Å². The van der Waals surface area contributed by atoms with Gasteiger partial charge in [0, 0.05) is 22.3 Å². The van der Waals surface area contributed by atoms with Crippen molar-refractivity contribution in [3.8, 4) is 11.1 Å². The van der Waals surface area contributed by atoms with Gasteiger partial charge in [-0.3, -0.25) is 14.4 Å². The van der Waals surface area contributed by atoms with Crippen LogP contribution >= 0.6 is 0 Å². The molecule has 2 aromatic carbocycles. The Kier molecular flexibility index (Phi) is 6.01. The molecule has 0 aliphatic heterocycles. The van der Waals surface area contributed by atoms with Crippen LogP contribution in [0.25, 0.3) is 11.1 Å². The molecule has 3 N–H and O–H groups in total. The summed E-state index contributed by atoms with van der Waals surface area (Å²) >= 11 is 0. The third-order valence-electron chi connectivity index (χ3n) is 5.51. The average molecular weight is 408 g/mol. The first-order valence-corrected chi connectivity index (χ1v) is 9.87. The Morgan fingerprint density at radius 2 is 1.57 bits per heavy atom. The van der Waals surface area contributed by atoms with Crippen LogP contribution in [0.15, 0.2) is 42.5 Å². The van der Waals surface area contributed by atoms with Gasteiger partial charge in [0.1, 0.15) is 12.1 Å². The topological polar surface area (TPSA) is 113 Å². The third kappa shape index (κ3) is 3.83. The zero-order valence-corrected chi connectivity index (χ0v) is 17.1. The number of amides is 2. The summed E-state index contributed by atoms with van der Waals surface area (Å²) < 4.78 is 0. The Labute approximate surface area is 174 Å². The zero-order chi connectivity index (χ0) is 22.0. The van der Waals surface area contributed by atoms with Crippen molar-refractivity contribution in [2.45, 2.75) is 39.3 Å². The van der Waals surface area contributed by atoms with Gasteiger partial charge in [-0.2, -0.15) is 0 Å². The number of benzene rings is 2. The maximum atomic E-state index is 12.9. The number of carbonyl (C=O) groups excluding carboxylic acids is 3.